The highest BCUT2D eigenvalue weighted by atomic mass is 32.2. The number of carbonyl (C=O) groups is 1. The maximum Gasteiger partial charge on any atom is 0.234 e. The monoisotopic (exact) mass is 414 g/mol. The van der Waals surface area contributed by atoms with Crippen LogP contribution >= 0.6 is 11.8 Å². The van der Waals surface area contributed by atoms with Crippen LogP contribution in [0.5, 0.6) is 0 Å². The van der Waals surface area contributed by atoms with E-state index in [1.165, 1.54) is 11.8 Å². The minimum absolute atomic E-state index is 0.0939. The molecule has 0 fully saturated rings. The molecular weight excluding hydrogens is 396 g/mol. The number of rotatable bonds is 5. The van der Waals surface area contributed by atoms with Crippen LogP contribution in [0.2, 0.25) is 0 Å². The Hall–Kier alpha value is -3.58. The van der Waals surface area contributed by atoms with Crippen LogP contribution in [0, 0.1) is 0 Å². The number of hydrogen-bond donors (Lipinski definition) is 1. The first-order valence-corrected chi connectivity index (χ1v) is 10.5. The molecule has 0 aliphatic carbocycles. The molecule has 0 spiro atoms. The Balaban J connectivity index is 1.27. The first kappa shape index (κ1) is 18.4. The van der Waals surface area contributed by atoms with E-state index in [4.69, 9.17) is 4.42 Å². The predicted octanol–water partition coefficient (Wildman–Crippen LogP) is 5.11. The molecule has 0 atom stereocenters. The van der Waals surface area contributed by atoms with E-state index in [9.17, 15) is 4.79 Å². The summed E-state index contributed by atoms with van der Waals surface area (Å²) >= 11 is 1.34. The van der Waals surface area contributed by atoms with Gasteiger partial charge >= 0.3 is 0 Å². The summed E-state index contributed by atoms with van der Waals surface area (Å²) in [6.45, 7) is 0. The van der Waals surface area contributed by atoms with Crippen LogP contribution in [-0.4, -0.2) is 26.4 Å². The number of para-hydroxylation sites is 1. The lowest BCUT2D eigenvalue weighted by molar-refractivity contribution is -0.113. The van der Waals surface area contributed by atoms with Gasteiger partial charge in [0.25, 0.3) is 0 Å². The molecule has 6 nitrogen and oxygen atoms in total. The summed E-state index contributed by atoms with van der Waals surface area (Å²) in [5, 5.41) is 15.3. The molecule has 0 aliphatic heterocycles. The number of nitrogens with zero attached hydrogens (tertiary/aromatic N) is 3. The van der Waals surface area contributed by atoms with Gasteiger partial charge in [-0.2, -0.15) is 0 Å². The minimum Gasteiger partial charge on any atom is -0.453 e. The van der Waals surface area contributed by atoms with Gasteiger partial charge in [-0.25, -0.2) is 0 Å². The van der Waals surface area contributed by atoms with E-state index >= 15 is 0 Å². The van der Waals surface area contributed by atoms with Crippen molar-refractivity contribution in [3.63, 3.8) is 0 Å². The molecule has 30 heavy (non-hydrogen) atoms. The Kier molecular flexibility index (Phi) is 4.72. The molecule has 7 heteroatoms. The van der Waals surface area contributed by atoms with Crippen molar-refractivity contribution in [2.75, 3.05) is 11.1 Å². The molecule has 0 radical (unpaired) electrons. The lowest BCUT2D eigenvalue weighted by atomic mass is 10.1. The highest BCUT2D eigenvalue weighted by molar-refractivity contribution is 7.99. The zero-order chi connectivity index (χ0) is 20.5. The molecule has 1 N–H and O–H groups in total. The molecule has 5 aromatic rings. The van der Waals surface area contributed by atoms with E-state index in [1.54, 1.807) is 0 Å². The number of thioether (sulfide) groups is 1. The third kappa shape index (κ3) is 3.55. The highest BCUT2D eigenvalue weighted by Crippen LogP contribution is 2.28. The Morgan fingerprint density at radius 2 is 1.73 bits per heavy atom. The standard InChI is InChI=1S/C23H18N4O2S/c1-27-22(20-13-17-8-4-5-9-19(17)29-20)25-26-23(27)30-14-21(28)24-18-11-10-15-6-2-3-7-16(15)12-18/h2-13H,14H2,1H3,(H,24,28). The molecule has 0 aliphatic rings. The molecular formula is C23H18N4O2S. The largest absolute Gasteiger partial charge is 0.453 e. The Morgan fingerprint density at radius 1 is 0.967 bits per heavy atom. The summed E-state index contributed by atoms with van der Waals surface area (Å²) in [6.07, 6.45) is 0. The van der Waals surface area contributed by atoms with E-state index < -0.39 is 0 Å². The zero-order valence-electron chi connectivity index (χ0n) is 16.2. The topological polar surface area (TPSA) is 73.0 Å². The van der Waals surface area contributed by atoms with Gasteiger partial charge in [0.15, 0.2) is 16.7 Å². The van der Waals surface area contributed by atoms with Crippen LogP contribution < -0.4 is 5.32 Å². The number of furan rings is 1. The average Bonchev–Trinajstić information content (AvgIpc) is 3.35. The smallest absolute Gasteiger partial charge is 0.234 e. The third-order valence-electron chi connectivity index (χ3n) is 4.85. The predicted molar refractivity (Wildman–Crippen MR) is 120 cm³/mol. The quantitative estimate of drug-likeness (QED) is 0.405. The fourth-order valence-electron chi connectivity index (χ4n) is 3.34. The summed E-state index contributed by atoms with van der Waals surface area (Å²) in [4.78, 5) is 12.4. The molecule has 0 saturated carbocycles. The van der Waals surface area contributed by atoms with Gasteiger partial charge in [0.2, 0.25) is 5.91 Å². The van der Waals surface area contributed by atoms with Crippen LogP contribution in [0.15, 0.2) is 82.4 Å². The van der Waals surface area contributed by atoms with Gasteiger partial charge in [-0.1, -0.05) is 60.3 Å². The normalized spacial score (nSPS) is 11.2. The highest BCUT2D eigenvalue weighted by Gasteiger charge is 2.16. The molecule has 2 aromatic heterocycles. The third-order valence-corrected chi connectivity index (χ3v) is 5.87. The molecule has 5 rings (SSSR count). The fourth-order valence-corrected chi connectivity index (χ4v) is 4.05. The maximum atomic E-state index is 12.4. The molecule has 1 amide bonds. The molecule has 2 heterocycles. The van der Waals surface area contributed by atoms with Crippen LogP contribution in [-0.2, 0) is 11.8 Å². The van der Waals surface area contributed by atoms with Gasteiger partial charge in [0.05, 0.1) is 5.75 Å². The van der Waals surface area contributed by atoms with E-state index in [1.807, 2.05) is 84.4 Å². The SMILES string of the molecule is Cn1c(SCC(=O)Nc2ccc3ccccc3c2)nnc1-c1cc2ccccc2o1. The summed E-state index contributed by atoms with van der Waals surface area (Å²) in [6, 6.07) is 23.7. The van der Waals surface area contributed by atoms with Crippen LogP contribution in [0.1, 0.15) is 0 Å². The second-order valence-electron chi connectivity index (χ2n) is 6.91. The summed E-state index contributed by atoms with van der Waals surface area (Å²) in [5.41, 5.74) is 1.58. The summed E-state index contributed by atoms with van der Waals surface area (Å²) in [7, 11) is 1.87. The van der Waals surface area contributed by atoms with Crippen molar-refractivity contribution in [2.24, 2.45) is 7.05 Å². The Labute approximate surface area is 176 Å². The molecule has 3 aromatic carbocycles. The van der Waals surface area contributed by atoms with Crippen molar-refractivity contribution in [1.29, 1.82) is 0 Å². The number of carbonyl (C=O) groups excluding carboxylic acids is 1. The molecule has 0 saturated heterocycles. The molecule has 0 unspecified atom stereocenters. The van der Waals surface area contributed by atoms with Crippen molar-refractivity contribution in [2.45, 2.75) is 5.16 Å². The Morgan fingerprint density at radius 3 is 2.57 bits per heavy atom. The van der Waals surface area contributed by atoms with Crippen LogP contribution in [0.4, 0.5) is 5.69 Å². The van der Waals surface area contributed by atoms with Gasteiger partial charge < -0.3 is 14.3 Å². The lowest BCUT2D eigenvalue weighted by Gasteiger charge is -2.06. The number of fused-ring (bicyclic) bond motifs is 2. The van der Waals surface area contributed by atoms with Gasteiger partial charge in [0, 0.05) is 18.1 Å². The van der Waals surface area contributed by atoms with Crippen LogP contribution in [0.3, 0.4) is 0 Å². The van der Waals surface area contributed by atoms with Crippen molar-refractivity contribution >= 4 is 45.1 Å². The van der Waals surface area contributed by atoms with E-state index in [-0.39, 0.29) is 11.7 Å². The number of anilines is 1. The van der Waals surface area contributed by atoms with E-state index in [0.717, 1.165) is 27.4 Å². The van der Waals surface area contributed by atoms with Crippen molar-refractivity contribution < 1.29 is 9.21 Å². The fraction of sp³-hybridized carbons (Fsp3) is 0.0870. The molecule has 0 bridgehead atoms. The molecule has 148 valence electrons. The number of aromatic nitrogens is 3. The van der Waals surface area contributed by atoms with Gasteiger partial charge in [-0.3, -0.25) is 4.79 Å². The first-order chi connectivity index (χ1) is 14.7. The van der Waals surface area contributed by atoms with Gasteiger partial charge in [-0.05, 0) is 35.0 Å². The van der Waals surface area contributed by atoms with E-state index in [2.05, 4.69) is 15.5 Å². The van der Waals surface area contributed by atoms with E-state index in [0.29, 0.717) is 16.7 Å². The number of nitrogens with one attached hydrogen (secondary N) is 1. The maximum absolute atomic E-state index is 12.4. The lowest BCUT2D eigenvalue weighted by Crippen LogP contribution is -2.14. The number of hydrogen-bond acceptors (Lipinski definition) is 5. The summed E-state index contributed by atoms with van der Waals surface area (Å²) in [5.74, 6) is 1.42. The second-order valence-corrected chi connectivity index (χ2v) is 7.85. The number of amides is 1. The van der Waals surface area contributed by atoms with Gasteiger partial charge in [-0.15, -0.1) is 10.2 Å². The summed E-state index contributed by atoms with van der Waals surface area (Å²) < 4.78 is 7.72. The number of benzene rings is 3. The zero-order valence-corrected chi connectivity index (χ0v) is 17.0. The van der Waals surface area contributed by atoms with Gasteiger partial charge in [0.1, 0.15) is 5.58 Å². The average molecular weight is 414 g/mol. The Bertz CT molecular complexity index is 1340. The second kappa shape index (κ2) is 7.68. The van der Waals surface area contributed by atoms with Crippen LogP contribution in [0.25, 0.3) is 33.3 Å². The minimum atomic E-state index is -0.0939. The van der Waals surface area contributed by atoms with Crippen molar-refractivity contribution in [1.82, 2.24) is 14.8 Å². The first-order valence-electron chi connectivity index (χ1n) is 9.47. The van der Waals surface area contributed by atoms with Crippen molar-refractivity contribution in [3.8, 4) is 11.6 Å². The van der Waals surface area contributed by atoms with Crippen molar-refractivity contribution in [3.05, 3.63) is 72.8 Å².